The molecule has 0 unspecified atom stereocenters. The first-order valence-electron chi connectivity index (χ1n) is 10.8. The van der Waals surface area contributed by atoms with Crippen LogP contribution >= 0.6 is 11.6 Å². The maximum absolute atomic E-state index is 13.3. The largest absolute Gasteiger partial charge is 0.342 e. The number of amides is 2. The Hall–Kier alpha value is -2.33. The number of fused-ring (bicyclic) bond motifs is 1. The van der Waals surface area contributed by atoms with E-state index in [1.54, 1.807) is 0 Å². The first-order valence-corrected chi connectivity index (χ1v) is 11.2. The van der Waals surface area contributed by atoms with Crippen LogP contribution in [0.2, 0.25) is 5.02 Å². The smallest absolute Gasteiger partial charge is 0.229 e. The van der Waals surface area contributed by atoms with Crippen molar-refractivity contribution in [1.82, 2.24) is 9.80 Å². The van der Waals surface area contributed by atoms with Crippen LogP contribution in [0.25, 0.3) is 0 Å². The van der Waals surface area contributed by atoms with Crippen LogP contribution in [0.1, 0.15) is 41.9 Å². The minimum Gasteiger partial charge on any atom is -0.342 e. The Morgan fingerprint density at radius 1 is 1.03 bits per heavy atom. The Labute approximate surface area is 182 Å². The molecule has 2 fully saturated rings. The minimum atomic E-state index is -0.378. The van der Waals surface area contributed by atoms with Gasteiger partial charge in [0.2, 0.25) is 11.8 Å². The zero-order valence-electron chi connectivity index (χ0n) is 17.3. The van der Waals surface area contributed by atoms with Crippen molar-refractivity contribution >= 4 is 23.4 Å². The summed E-state index contributed by atoms with van der Waals surface area (Å²) in [6.07, 6.45) is 3.19. The lowest BCUT2D eigenvalue weighted by atomic mass is 9.73. The number of hydrogen-bond acceptors (Lipinski definition) is 2. The molecule has 2 heterocycles. The highest BCUT2D eigenvalue weighted by Gasteiger charge is 2.49. The highest BCUT2D eigenvalue weighted by atomic mass is 35.5. The molecule has 2 aromatic carbocycles. The zero-order valence-corrected chi connectivity index (χ0v) is 18.1. The van der Waals surface area contributed by atoms with Gasteiger partial charge in [-0.25, -0.2) is 0 Å². The molecule has 2 amide bonds. The second kappa shape index (κ2) is 7.42. The van der Waals surface area contributed by atoms with E-state index in [2.05, 4.69) is 18.2 Å². The topological polar surface area (TPSA) is 40.6 Å². The molecule has 1 saturated carbocycles. The summed E-state index contributed by atoms with van der Waals surface area (Å²) >= 11 is 5.99. The lowest BCUT2D eigenvalue weighted by molar-refractivity contribution is -0.147. The van der Waals surface area contributed by atoms with E-state index >= 15 is 0 Å². The number of piperidine rings is 1. The summed E-state index contributed by atoms with van der Waals surface area (Å²) in [4.78, 5) is 30.3. The molecule has 0 N–H and O–H groups in total. The maximum Gasteiger partial charge on any atom is 0.229 e. The molecule has 2 aromatic rings. The van der Waals surface area contributed by atoms with Crippen molar-refractivity contribution in [1.29, 1.82) is 0 Å². The molecule has 4 nitrogen and oxygen atoms in total. The van der Waals surface area contributed by atoms with Crippen LogP contribution in [-0.2, 0) is 22.6 Å². The summed E-state index contributed by atoms with van der Waals surface area (Å²) in [6, 6.07) is 16.2. The Morgan fingerprint density at radius 2 is 1.70 bits per heavy atom. The van der Waals surface area contributed by atoms with Crippen molar-refractivity contribution in [2.24, 2.45) is 11.3 Å². The standard InChI is InChI=1S/C25H27ClN2O2/c1-27-16-19-5-3-2-4-18(19)15-25(24(27)30)10-12-28(13-11-25)23(29)22-14-21(22)17-6-8-20(26)9-7-17/h2-9,21-22H,10-16H2,1H3/t21-,22-/m1/s1. The molecule has 1 spiro atoms. The highest BCUT2D eigenvalue weighted by molar-refractivity contribution is 6.30. The van der Waals surface area contributed by atoms with Crippen molar-refractivity contribution < 1.29 is 9.59 Å². The summed E-state index contributed by atoms with van der Waals surface area (Å²) in [5, 5.41) is 0.725. The van der Waals surface area contributed by atoms with Gasteiger partial charge in [0.25, 0.3) is 0 Å². The molecule has 5 rings (SSSR count). The Bertz CT molecular complexity index is 979. The molecular weight excluding hydrogens is 396 g/mol. The van der Waals surface area contributed by atoms with Gasteiger partial charge in [0.05, 0.1) is 5.41 Å². The molecule has 2 atom stereocenters. The third-order valence-corrected chi connectivity index (χ3v) is 7.55. The molecule has 156 valence electrons. The second-order valence-electron chi connectivity index (χ2n) is 9.21. The number of carbonyl (C=O) groups is 2. The van der Waals surface area contributed by atoms with Crippen LogP contribution in [0, 0.1) is 11.3 Å². The molecule has 1 aliphatic carbocycles. The van der Waals surface area contributed by atoms with Crippen LogP contribution in [0.5, 0.6) is 0 Å². The minimum absolute atomic E-state index is 0.0773. The predicted octanol–water partition coefficient (Wildman–Crippen LogP) is 4.27. The van der Waals surface area contributed by atoms with Gasteiger partial charge in [-0.2, -0.15) is 0 Å². The Balaban J connectivity index is 1.27. The number of halogens is 1. The summed E-state index contributed by atoms with van der Waals surface area (Å²) in [5.74, 6) is 0.868. The fourth-order valence-electron chi connectivity index (χ4n) is 5.38. The average Bonchev–Trinajstić information content (AvgIpc) is 3.56. The van der Waals surface area contributed by atoms with Gasteiger partial charge in [0.15, 0.2) is 0 Å². The molecule has 30 heavy (non-hydrogen) atoms. The molecule has 0 bridgehead atoms. The number of nitrogens with zero attached hydrogens (tertiary/aromatic N) is 2. The highest BCUT2D eigenvalue weighted by Crippen LogP contribution is 2.49. The van der Waals surface area contributed by atoms with E-state index < -0.39 is 0 Å². The van der Waals surface area contributed by atoms with Gasteiger partial charge in [-0.15, -0.1) is 0 Å². The van der Waals surface area contributed by atoms with Crippen LogP contribution in [0.4, 0.5) is 0 Å². The fourth-order valence-corrected chi connectivity index (χ4v) is 5.51. The lowest BCUT2D eigenvalue weighted by Gasteiger charge is -2.41. The molecule has 1 saturated heterocycles. The Morgan fingerprint density at radius 3 is 2.40 bits per heavy atom. The summed E-state index contributed by atoms with van der Waals surface area (Å²) in [5.41, 5.74) is 3.34. The predicted molar refractivity (Wildman–Crippen MR) is 117 cm³/mol. The maximum atomic E-state index is 13.3. The zero-order chi connectivity index (χ0) is 20.9. The van der Waals surface area contributed by atoms with Crippen molar-refractivity contribution in [2.75, 3.05) is 20.1 Å². The van der Waals surface area contributed by atoms with Gasteiger partial charge < -0.3 is 9.80 Å². The molecule has 0 aromatic heterocycles. The summed E-state index contributed by atoms with van der Waals surface area (Å²) in [7, 11) is 1.91. The molecule has 5 heteroatoms. The van der Waals surface area contributed by atoms with E-state index in [9.17, 15) is 9.59 Å². The molecular formula is C25H27ClN2O2. The average molecular weight is 423 g/mol. The third-order valence-electron chi connectivity index (χ3n) is 7.29. The fraction of sp³-hybridized carbons (Fsp3) is 0.440. The summed E-state index contributed by atoms with van der Waals surface area (Å²) in [6.45, 7) is 2.01. The SMILES string of the molecule is CN1Cc2ccccc2CC2(CCN(C(=O)[C@@H]3C[C@@H]3c3ccc(Cl)cc3)CC2)C1=O. The number of benzene rings is 2. The number of carbonyl (C=O) groups excluding carboxylic acids is 2. The number of rotatable bonds is 2. The molecule has 0 radical (unpaired) electrons. The van der Waals surface area contributed by atoms with Crippen LogP contribution < -0.4 is 0 Å². The van der Waals surface area contributed by atoms with Gasteiger partial charge in [0, 0.05) is 37.6 Å². The van der Waals surface area contributed by atoms with Gasteiger partial charge in [-0.05, 0) is 60.4 Å². The quantitative estimate of drug-likeness (QED) is 0.725. The van der Waals surface area contributed by atoms with Gasteiger partial charge in [0.1, 0.15) is 0 Å². The van der Waals surface area contributed by atoms with Crippen molar-refractivity contribution in [2.45, 2.75) is 38.1 Å². The van der Waals surface area contributed by atoms with E-state index in [0.29, 0.717) is 25.6 Å². The molecule has 3 aliphatic rings. The van der Waals surface area contributed by atoms with Crippen molar-refractivity contribution in [3.05, 3.63) is 70.2 Å². The first kappa shape index (κ1) is 19.6. The monoisotopic (exact) mass is 422 g/mol. The second-order valence-corrected chi connectivity index (χ2v) is 9.65. The molecule has 2 aliphatic heterocycles. The van der Waals surface area contributed by atoms with Gasteiger partial charge >= 0.3 is 0 Å². The van der Waals surface area contributed by atoms with Gasteiger partial charge in [-0.3, -0.25) is 9.59 Å². The van der Waals surface area contributed by atoms with E-state index in [0.717, 1.165) is 30.7 Å². The van der Waals surface area contributed by atoms with Crippen LogP contribution in [-0.4, -0.2) is 41.8 Å². The van der Waals surface area contributed by atoms with Gasteiger partial charge in [-0.1, -0.05) is 48.0 Å². The first-order chi connectivity index (χ1) is 14.5. The summed E-state index contributed by atoms with van der Waals surface area (Å²) < 4.78 is 0. The Kier molecular flexibility index (Phi) is 4.85. The van der Waals surface area contributed by atoms with E-state index in [1.807, 2.05) is 47.2 Å². The number of likely N-dealkylation sites (tertiary alicyclic amines) is 1. The number of hydrogen-bond donors (Lipinski definition) is 0. The van der Waals surface area contributed by atoms with Crippen LogP contribution in [0.15, 0.2) is 48.5 Å². The van der Waals surface area contributed by atoms with E-state index in [4.69, 9.17) is 11.6 Å². The van der Waals surface area contributed by atoms with Crippen molar-refractivity contribution in [3.63, 3.8) is 0 Å². The van der Waals surface area contributed by atoms with E-state index in [-0.39, 0.29) is 23.1 Å². The van der Waals surface area contributed by atoms with E-state index in [1.165, 1.54) is 16.7 Å². The van der Waals surface area contributed by atoms with Crippen molar-refractivity contribution in [3.8, 4) is 0 Å². The van der Waals surface area contributed by atoms with Crippen LogP contribution in [0.3, 0.4) is 0 Å². The normalized spacial score (nSPS) is 25.1. The third kappa shape index (κ3) is 3.41. The lowest BCUT2D eigenvalue weighted by Crippen LogP contribution is -2.50.